The molecule has 0 aliphatic carbocycles. The van der Waals surface area contributed by atoms with E-state index in [0.29, 0.717) is 22.7 Å². The predicted octanol–water partition coefficient (Wildman–Crippen LogP) is 3.57. The van der Waals surface area contributed by atoms with E-state index < -0.39 is 17.8 Å². The second-order valence-electron chi connectivity index (χ2n) is 7.41. The lowest BCUT2D eigenvalue weighted by Crippen LogP contribution is -2.23. The Morgan fingerprint density at radius 2 is 1.28 bits per heavy atom. The highest BCUT2D eigenvalue weighted by Crippen LogP contribution is 2.20. The molecule has 36 heavy (non-hydrogen) atoms. The molecule has 3 aromatic carbocycles. The average molecular weight is 492 g/mol. The Balaban J connectivity index is 1.60. The van der Waals surface area contributed by atoms with Gasteiger partial charge in [-0.2, -0.15) is 0 Å². The fourth-order valence-electron chi connectivity index (χ4n) is 3.19. The van der Waals surface area contributed by atoms with E-state index in [0.717, 1.165) is 0 Å². The van der Waals surface area contributed by atoms with Crippen molar-refractivity contribution in [2.75, 3.05) is 43.8 Å². The number of nitrogens with one attached hydrogen (secondary N) is 3. The molecule has 0 aromatic heterocycles. The molecule has 0 fully saturated rings. The van der Waals surface area contributed by atoms with Crippen molar-refractivity contribution in [3.8, 4) is 5.75 Å². The van der Waals surface area contributed by atoms with Crippen LogP contribution in [0.15, 0.2) is 66.7 Å². The highest BCUT2D eigenvalue weighted by atomic mass is 16.5. The lowest BCUT2D eigenvalue weighted by Gasteiger charge is -2.13. The molecular weight excluding hydrogens is 466 g/mol. The molecule has 186 valence electrons. The molecule has 0 bridgehead atoms. The van der Waals surface area contributed by atoms with E-state index >= 15 is 0 Å². The van der Waals surface area contributed by atoms with Gasteiger partial charge in [0, 0.05) is 22.6 Å². The van der Waals surface area contributed by atoms with Crippen LogP contribution in [-0.4, -0.2) is 51.6 Å². The van der Waals surface area contributed by atoms with Gasteiger partial charge in [-0.1, -0.05) is 0 Å². The summed E-state index contributed by atoms with van der Waals surface area (Å²) in [6, 6.07) is 17.5. The first-order valence-electron chi connectivity index (χ1n) is 10.7. The van der Waals surface area contributed by atoms with Gasteiger partial charge in [-0.15, -0.1) is 0 Å². The normalized spacial score (nSPS) is 10.1. The number of ether oxygens (including phenoxy) is 3. The second-order valence-corrected chi connectivity index (χ2v) is 7.41. The molecule has 3 aromatic rings. The molecule has 0 aliphatic heterocycles. The van der Waals surface area contributed by atoms with Gasteiger partial charge in [-0.25, -0.2) is 9.59 Å². The van der Waals surface area contributed by atoms with Crippen LogP contribution in [0.5, 0.6) is 5.75 Å². The third-order valence-electron chi connectivity index (χ3n) is 5.06. The maximum absolute atomic E-state index is 12.5. The Kier molecular flexibility index (Phi) is 8.60. The average Bonchev–Trinajstić information content (AvgIpc) is 2.91. The first kappa shape index (κ1) is 25.8. The number of benzene rings is 3. The van der Waals surface area contributed by atoms with E-state index in [2.05, 4.69) is 16.0 Å². The van der Waals surface area contributed by atoms with Gasteiger partial charge in [0.1, 0.15) is 5.75 Å². The van der Waals surface area contributed by atoms with Crippen LogP contribution in [0.25, 0.3) is 0 Å². The minimum Gasteiger partial charge on any atom is -0.497 e. The van der Waals surface area contributed by atoms with Crippen molar-refractivity contribution in [2.24, 2.45) is 0 Å². The van der Waals surface area contributed by atoms with Crippen LogP contribution in [-0.2, 0) is 14.3 Å². The quantitative estimate of drug-likeness (QED) is 0.387. The lowest BCUT2D eigenvalue weighted by molar-refractivity contribution is -0.114. The first-order valence-corrected chi connectivity index (χ1v) is 10.7. The summed E-state index contributed by atoms with van der Waals surface area (Å²) < 4.78 is 14.5. The molecule has 3 rings (SSSR count). The summed E-state index contributed by atoms with van der Waals surface area (Å²) in [7, 11) is 4.03. The fraction of sp³-hybridized carbons (Fsp3) is 0.154. The lowest BCUT2D eigenvalue weighted by atomic mass is 10.1. The van der Waals surface area contributed by atoms with Gasteiger partial charge in [0.25, 0.3) is 5.91 Å². The van der Waals surface area contributed by atoms with Gasteiger partial charge in [0.2, 0.25) is 5.91 Å². The zero-order chi connectivity index (χ0) is 26.1. The minimum absolute atomic E-state index is 0.158. The van der Waals surface area contributed by atoms with Crippen LogP contribution in [0.2, 0.25) is 0 Å². The van der Waals surface area contributed by atoms with E-state index in [-0.39, 0.29) is 29.3 Å². The van der Waals surface area contributed by atoms with Crippen molar-refractivity contribution in [3.05, 3.63) is 83.4 Å². The van der Waals surface area contributed by atoms with Crippen LogP contribution in [0.4, 0.5) is 17.1 Å². The molecule has 3 N–H and O–H groups in total. The molecule has 0 spiro atoms. The summed E-state index contributed by atoms with van der Waals surface area (Å²) in [6.45, 7) is -0.200. The second kappa shape index (κ2) is 12.0. The number of carbonyl (C=O) groups is 4. The monoisotopic (exact) mass is 491 g/mol. The Labute approximate surface area is 207 Å². The third kappa shape index (κ3) is 6.60. The Morgan fingerprint density at radius 3 is 1.89 bits per heavy atom. The molecular formula is C26H25N3O7. The van der Waals surface area contributed by atoms with Crippen LogP contribution >= 0.6 is 0 Å². The number of hydrogen-bond acceptors (Lipinski definition) is 8. The number of carbonyl (C=O) groups excluding carboxylic acids is 4. The number of hydrogen-bond donors (Lipinski definition) is 3. The van der Waals surface area contributed by atoms with E-state index in [1.807, 2.05) is 0 Å². The van der Waals surface area contributed by atoms with Crippen molar-refractivity contribution in [1.82, 2.24) is 0 Å². The zero-order valence-electron chi connectivity index (χ0n) is 19.9. The van der Waals surface area contributed by atoms with Crippen LogP contribution < -0.4 is 20.7 Å². The van der Waals surface area contributed by atoms with Gasteiger partial charge < -0.3 is 30.2 Å². The SMILES string of the molecule is COC(=O)c1ccc(C(=O)OC)c(NCC(=O)Nc2ccc(C(=O)Nc3ccc(OC)cc3)cc2)c1. The van der Waals surface area contributed by atoms with E-state index in [9.17, 15) is 19.2 Å². The van der Waals surface area contributed by atoms with Crippen LogP contribution in [0.3, 0.4) is 0 Å². The Bertz CT molecular complexity index is 1260. The van der Waals surface area contributed by atoms with Gasteiger partial charge >= 0.3 is 11.9 Å². The minimum atomic E-state index is -0.627. The van der Waals surface area contributed by atoms with Crippen molar-refractivity contribution in [2.45, 2.75) is 0 Å². The molecule has 10 nitrogen and oxygen atoms in total. The fourth-order valence-corrected chi connectivity index (χ4v) is 3.19. The summed E-state index contributed by atoms with van der Waals surface area (Å²) in [4.78, 5) is 48.8. The molecule has 0 radical (unpaired) electrons. The molecule has 0 heterocycles. The van der Waals surface area contributed by atoms with Gasteiger partial charge in [0.15, 0.2) is 0 Å². The largest absolute Gasteiger partial charge is 0.497 e. The summed E-state index contributed by atoms with van der Waals surface area (Å²) >= 11 is 0. The van der Waals surface area contributed by atoms with Crippen LogP contribution in [0.1, 0.15) is 31.1 Å². The molecule has 10 heteroatoms. The predicted molar refractivity (Wildman–Crippen MR) is 134 cm³/mol. The summed E-state index contributed by atoms with van der Waals surface area (Å²) in [5.74, 6) is -1.25. The molecule has 2 amide bonds. The molecule has 0 saturated carbocycles. The maximum Gasteiger partial charge on any atom is 0.339 e. The third-order valence-corrected chi connectivity index (χ3v) is 5.06. The van der Waals surface area contributed by atoms with Crippen molar-refractivity contribution in [3.63, 3.8) is 0 Å². The summed E-state index contributed by atoms with van der Waals surface area (Å²) in [5.41, 5.74) is 2.10. The first-order chi connectivity index (χ1) is 17.3. The van der Waals surface area contributed by atoms with E-state index in [1.165, 1.54) is 32.4 Å². The van der Waals surface area contributed by atoms with E-state index in [1.54, 1.807) is 55.6 Å². The highest BCUT2D eigenvalue weighted by Gasteiger charge is 2.16. The van der Waals surface area contributed by atoms with Gasteiger partial charge in [-0.3, -0.25) is 9.59 Å². The molecule has 0 aliphatic rings. The van der Waals surface area contributed by atoms with Gasteiger partial charge in [-0.05, 0) is 66.7 Å². The van der Waals surface area contributed by atoms with Crippen molar-refractivity contribution < 1.29 is 33.4 Å². The number of amides is 2. The highest BCUT2D eigenvalue weighted by molar-refractivity contribution is 6.05. The van der Waals surface area contributed by atoms with Crippen LogP contribution in [0, 0.1) is 0 Å². The van der Waals surface area contributed by atoms with Crippen molar-refractivity contribution >= 4 is 40.8 Å². The standard InChI is InChI=1S/C26H25N3O7/c1-34-20-11-9-19(10-12-20)29-24(31)16-4-7-18(8-5-16)28-23(30)15-27-22-14-17(25(32)35-2)6-13-21(22)26(33)36-3/h4-14,27H,15H2,1-3H3,(H,28,30)(H,29,31). The topological polar surface area (TPSA) is 132 Å². The zero-order valence-corrected chi connectivity index (χ0v) is 19.9. The molecule has 0 unspecified atom stereocenters. The maximum atomic E-state index is 12.5. The number of esters is 2. The van der Waals surface area contributed by atoms with Crippen molar-refractivity contribution in [1.29, 1.82) is 0 Å². The summed E-state index contributed by atoms with van der Waals surface area (Å²) in [5, 5.41) is 8.32. The summed E-state index contributed by atoms with van der Waals surface area (Å²) in [6.07, 6.45) is 0. The number of methoxy groups -OCH3 is 3. The number of rotatable bonds is 9. The van der Waals surface area contributed by atoms with E-state index in [4.69, 9.17) is 14.2 Å². The van der Waals surface area contributed by atoms with Gasteiger partial charge in [0.05, 0.1) is 39.0 Å². The Morgan fingerprint density at radius 1 is 0.694 bits per heavy atom. The number of anilines is 3. The molecule has 0 saturated heterocycles. The Hall–Kier alpha value is -4.86. The smallest absolute Gasteiger partial charge is 0.339 e. The molecule has 0 atom stereocenters.